The molecular weight excluding hydrogens is 326 g/mol. The van der Waals surface area contributed by atoms with Crippen molar-refractivity contribution in [3.05, 3.63) is 35.9 Å². The molecule has 5 heteroatoms. The number of hydrogen-bond acceptors (Lipinski definition) is 3. The molecule has 5 nitrogen and oxygen atoms in total. The Morgan fingerprint density at radius 1 is 0.923 bits per heavy atom. The highest BCUT2D eigenvalue weighted by Gasteiger charge is 2.15. The van der Waals surface area contributed by atoms with Gasteiger partial charge in [0, 0.05) is 31.0 Å². The molecule has 1 saturated heterocycles. The zero-order chi connectivity index (χ0) is 18.2. The second-order valence-corrected chi connectivity index (χ2v) is 7.16. The first-order valence-electron chi connectivity index (χ1n) is 9.84. The van der Waals surface area contributed by atoms with Crippen LogP contribution in [-0.4, -0.2) is 31.4 Å². The normalized spacial score (nSPS) is 17.4. The molecule has 26 heavy (non-hydrogen) atoms. The molecule has 2 aliphatic rings. The lowest BCUT2D eigenvalue weighted by atomic mass is 9.97. The summed E-state index contributed by atoms with van der Waals surface area (Å²) < 4.78 is 0. The molecule has 2 N–H and O–H groups in total. The molecule has 3 rings (SSSR count). The number of anilines is 2. The quantitative estimate of drug-likeness (QED) is 0.626. The highest BCUT2D eigenvalue weighted by atomic mass is 16.2. The van der Waals surface area contributed by atoms with Crippen LogP contribution < -0.4 is 15.5 Å². The van der Waals surface area contributed by atoms with Crippen molar-refractivity contribution < 1.29 is 9.59 Å². The van der Waals surface area contributed by atoms with E-state index in [1.165, 1.54) is 43.4 Å². The molecule has 0 aromatic heterocycles. The monoisotopic (exact) mass is 355 g/mol. The predicted octanol–water partition coefficient (Wildman–Crippen LogP) is 3.62. The number of amides is 2. The lowest BCUT2D eigenvalue weighted by molar-refractivity contribution is -0.136. The number of nitrogens with zero attached hydrogens (tertiary/aromatic N) is 1. The molecule has 1 aliphatic heterocycles. The number of rotatable bonds is 5. The van der Waals surface area contributed by atoms with Gasteiger partial charge in [-0.1, -0.05) is 11.6 Å². The molecule has 2 amide bonds. The molecular formula is C21H29N3O2. The van der Waals surface area contributed by atoms with Crippen molar-refractivity contribution >= 4 is 23.2 Å². The number of allylic oxidation sites excluding steroid dienone is 1. The maximum Gasteiger partial charge on any atom is 0.313 e. The van der Waals surface area contributed by atoms with Gasteiger partial charge in [0.25, 0.3) is 0 Å². The topological polar surface area (TPSA) is 61.4 Å². The summed E-state index contributed by atoms with van der Waals surface area (Å²) in [5.41, 5.74) is 3.22. The molecule has 0 radical (unpaired) electrons. The summed E-state index contributed by atoms with van der Waals surface area (Å²) >= 11 is 0. The zero-order valence-electron chi connectivity index (χ0n) is 15.4. The zero-order valence-corrected chi connectivity index (χ0v) is 15.4. The number of piperidine rings is 1. The van der Waals surface area contributed by atoms with Crippen molar-refractivity contribution in [2.45, 2.75) is 51.4 Å². The minimum Gasteiger partial charge on any atom is -0.372 e. The predicted molar refractivity (Wildman–Crippen MR) is 105 cm³/mol. The van der Waals surface area contributed by atoms with Gasteiger partial charge in [-0.25, -0.2) is 0 Å². The van der Waals surface area contributed by atoms with Gasteiger partial charge < -0.3 is 15.5 Å². The van der Waals surface area contributed by atoms with Gasteiger partial charge in [-0.2, -0.15) is 0 Å². The lowest BCUT2D eigenvalue weighted by Gasteiger charge is -2.28. The smallest absolute Gasteiger partial charge is 0.313 e. The van der Waals surface area contributed by atoms with Crippen molar-refractivity contribution in [1.29, 1.82) is 0 Å². The van der Waals surface area contributed by atoms with Gasteiger partial charge in [0.05, 0.1) is 0 Å². The van der Waals surface area contributed by atoms with E-state index in [2.05, 4.69) is 21.6 Å². The van der Waals surface area contributed by atoms with Crippen molar-refractivity contribution in [2.75, 3.05) is 29.9 Å². The SMILES string of the molecule is O=C(NCCC1=CCCCC1)C(=O)Nc1ccc(N2CCCCC2)cc1. The van der Waals surface area contributed by atoms with Crippen molar-refractivity contribution in [1.82, 2.24) is 5.32 Å². The first kappa shape index (κ1) is 18.5. The summed E-state index contributed by atoms with van der Waals surface area (Å²) in [6.07, 6.45) is 11.6. The first-order valence-corrected chi connectivity index (χ1v) is 9.84. The van der Waals surface area contributed by atoms with Crippen LogP contribution in [0, 0.1) is 0 Å². The Labute approximate surface area is 155 Å². The van der Waals surface area contributed by atoms with E-state index in [0.717, 1.165) is 32.4 Å². The van der Waals surface area contributed by atoms with Gasteiger partial charge in [0.2, 0.25) is 0 Å². The lowest BCUT2D eigenvalue weighted by Crippen LogP contribution is -2.36. The van der Waals surface area contributed by atoms with Crippen LogP contribution in [0.15, 0.2) is 35.9 Å². The van der Waals surface area contributed by atoms with Gasteiger partial charge in [-0.3, -0.25) is 9.59 Å². The Kier molecular flexibility index (Phi) is 6.69. The van der Waals surface area contributed by atoms with E-state index in [1.807, 2.05) is 24.3 Å². The van der Waals surface area contributed by atoms with E-state index in [4.69, 9.17) is 0 Å². The van der Waals surface area contributed by atoms with E-state index >= 15 is 0 Å². The molecule has 1 aromatic carbocycles. The van der Waals surface area contributed by atoms with Crippen LogP contribution in [0.2, 0.25) is 0 Å². The summed E-state index contributed by atoms with van der Waals surface area (Å²) in [6, 6.07) is 7.74. The molecule has 0 bridgehead atoms. The summed E-state index contributed by atoms with van der Waals surface area (Å²) in [6.45, 7) is 2.70. The van der Waals surface area contributed by atoms with Crippen molar-refractivity contribution in [3.63, 3.8) is 0 Å². The van der Waals surface area contributed by atoms with Crippen LogP contribution in [0.1, 0.15) is 51.4 Å². The van der Waals surface area contributed by atoms with Crippen LogP contribution in [0.5, 0.6) is 0 Å². The molecule has 0 atom stereocenters. The maximum absolute atomic E-state index is 12.0. The van der Waals surface area contributed by atoms with E-state index in [0.29, 0.717) is 12.2 Å². The third-order valence-electron chi connectivity index (χ3n) is 5.17. The second-order valence-electron chi connectivity index (χ2n) is 7.16. The van der Waals surface area contributed by atoms with Gasteiger partial charge >= 0.3 is 11.8 Å². The van der Waals surface area contributed by atoms with E-state index < -0.39 is 11.8 Å². The Bertz CT molecular complexity index is 646. The highest BCUT2D eigenvalue weighted by molar-refractivity contribution is 6.39. The fourth-order valence-corrected chi connectivity index (χ4v) is 3.64. The molecule has 0 unspecified atom stereocenters. The van der Waals surface area contributed by atoms with Gasteiger partial charge in [-0.05, 0) is 75.6 Å². The fraction of sp³-hybridized carbons (Fsp3) is 0.524. The maximum atomic E-state index is 12.0. The average Bonchev–Trinajstić information content (AvgIpc) is 2.70. The third-order valence-corrected chi connectivity index (χ3v) is 5.17. The van der Waals surface area contributed by atoms with Crippen LogP contribution >= 0.6 is 0 Å². The minimum absolute atomic E-state index is 0.520. The van der Waals surface area contributed by atoms with E-state index in [9.17, 15) is 9.59 Å². The summed E-state index contributed by atoms with van der Waals surface area (Å²) in [4.78, 5) is 26.3. The average molecular weight is 355 g/mol. The third kappa shape index (κ3) is 5.35. The molecule has 140 valence electrons. The van der Waals surface area contributed by atoms with Crippen LogP contribution in [0.25, 0.3) is 0 Å². The highest BCUT2D eigenvalue weighted by Crippen LogP contribution is 2.22. The number of carbonyl (C=O) groups is 2. The fourth-order valence-electron chi connectivity index (χ4n) is 3.64. The minimum atomic E-state index is -0.603. The van der Waals surface area contributed by atoms with Crippen LogP contribution in [0.3, 0.4) is 0 Å². The molecule has 0 saturated carbocycles. The van der Waals surface area contributed by atoms with Gasteiger partial charge in [-0.15, -0.1) is 0 Å². The van der Waals surface area contributed by atoms with Gasteiger partial charge in [0.15, 0.2) is 0 Å². The van der Waals surface area contributed by atoms with Crippen LogP contribution in [-0.2, 0) is 9.59 Å². The number of benzene rings is 1. The molecule has 1 aromatic rings. The van der Waals surface area contributed by atoms with Crippen molar-refractivity contribution in [2.24, 2.45) is 0 Å². The number of nitrogens with one attached hydrogen (secondary N) is 2. The molecule has 1 heterocycles. The standard InChI is InChI=1S/C21H29N3O2/c25-20(22-14-13-17-7-3-1-4-8-17)21(26)23-18-9-11-19(12-10-18)24-15-5-2-6-16-24/h7,9-12H,1-6,8,13-16H2,(H,22,25)(H,23,26). The molecule has 0 spiro atoms. The number of hydrogen-bond donors (Lipinski definition) is 2. The Balaban J connectivity index is 1.43. The largest absolute Gasteiger partial charge is 0.372 e. The number of carbonyl (C=O) groups excluding carboxylic acids is 2. The van der Waals surface area contributed by atoms with Crippen molar-refractivity contribution in [3.8, 4) is 0 Å². The van der Waals surface area contributed by atoms with E-state index in [-0.39, 0.29) is 0 Å². The summed E-state index contributed by atoms with van der Waals surface area (Å²) in [7, 11) is 0. The van der Waals surface area contributed by atoms with Crippen LogP contribution in [0.4, 0.5) is 11.4 Å². The molecule has 1 fully saturated rings. The Morgan fingerprint density at radius 3 is 2.38 bits per heavy atom. The summed E-state index contributed by atoms with van der Waals surface area (Å²) in [5.74, 6) is -1.17. The van der Waals surface area contributed by atoms with E-state index in [1.54, 1.807) is 0 Å². The Morgan fingerprint density at radius 2 is 1.69 bits per heavy atom. The first-order chi connectivity index (χ1) is 12.7. The van der Waals surface area contributed by atoms with Gasteiger partial charge in [0.1, 0.15) is 0 Å². The molecule has 1 aliphatic carbocycles. The Hall–Kier alpha value is -2.30. The summed E-state index contributed by atoms with van der Waals surface area (Å²) in [5, 5.41) is 5.39. The second kappa shape index (κ2) is 9.41.